The van der Waals surface area contributed by atoms with Gasteiger partial charge < -0.3 is 11.1 Å². The Kier molecular flexibility index (Phi) is 4.74. The number of rotatable bonds is 5. The van der Waals surface area contributed by atoms with Crippen LogP contribution in [0.5, 0.6) is 0 Å². The maximum absolute atomic E-state index is 5.76. The van der Waals surface area contributed by atoms with Crippen LogP contribution < -0.4 is 11.1 Å². The number of nitrogens with one attached hydrogen (secondary N) is 1. The van der Waals surface area contributed by atoms with Gasteiger partial charge in [0.05, 0.1) is 5.01 Å². The fraction of sp³-hybridized carbons (Fsp3) is 0.308. The Morgan fingerprint density at radius 1 is 1.50 bits per heavy atom. The highest BCUT2D eigenvalue weighted by atomic mass is 79.9. The van der Waals surface area contributed by atoms with E-state index in [1.165, 1.54) is 10.6 Å². The molecule has 96 valence electrons. The standard InChI is InChI=1S/C13H16BrN3S/c1-9(13-17-4-5-18-13)7-16-8-10-2-3-12(15)11(14)6-10/h2-6,9,16H,7-8,15H2,1H3. The molecule has 0 saturated heterocycles. The first-order chi connectivity index (χ1) is 8.66. The maximum atomic E-state index is 5.76. The topological polar surface area (TPSA) is 50.9 Å². The Morgan fingerprint density at radius 3 is 3.00 bits per heavy atom. The normalized spacial score (nSPS) is 12.6. The molecule has 1 unspecified atom stereocenters. The number of aromatic nitrogens is 1. The van der Waals surface area contributed by atoms with Gasteiger partial charge in [0.25, 0.3) is 0 Å². The van der Waals surface area contributed by atoms with Gasteiger partial charge in [0.15, 0.2) is 0 Å². The number of hydrogen-bond donors (Lipinski definition) is 2. The van der Waals surface area contributed by atoms with Gasteiger partial charge in [-0.05, 0) is 33.6 Å². The lowest BCUT2D eigenvalue weighted by Crippen LogP contribution is -2.19. The molecule has 1 atom stereocenters. The van der Waals surface area contributed by atoms with Crippen molar-refractivity contribution in [2.45, 2.75) is 19.4 Å². The molecular formula is C13H16BrN3S. The zero-order chi connectivity index (χ0) is 13.0. The smallest absolute Gasteiger partial charge is 0.0965 e. The number of hydrogen-bond acceptors (Lipinski definition) is 4. The van der Waals surface area contributed by atoms with Gasteiger partial charge in [-0.1, -0.05) is 13.0 Å². The molecule has 0 radical (unpaired) electrons. The average Bonchev–Trinajstić information content (AvgIpc) is 2.87. The molecule has 1 aromatic carbocycles. The minimum atomic E-state index is 0.447. The number of halogens is 1. The lowest BCUT2D eigenvalue weighted by molar-refractivity contribution is 0.613. The van der Waals surface area contributed by atoms with Crippen LogP contribution in [-0.4, -0.2) is 11.5 Å². The Morgan fingerprint density at radius 2 is 2.33 bits per heavy atom. The SMILES string of the molecule is CC(CNCc1ccc(N)c(Br)c1)c1nccs1. The van der Waals surface area contributed by atoms with Crippen LogP contribution in [0.15, 0.2) is 34.2 Å². The summed E-state index contributed by atoms with van der Waals surface area (Å²) in [6.07, 6.45) is 1.85. The number of anilines is 1. The summed E-state index contributed by atoms with van der Waals surface area (Å²) < 4.78 is 0.953. The quantitative estimate of drug-likeness (QED) is 0.828. The zero-order valence-electron chi connectivity index (χ0n) is 10.2. The van der Waals surface area contributed by atoms with Crippen LogP contribution in [0.4, 0.5) is 5.69 Å². The first-order valence-electron chi connectivity index (χ1n) is 5.81. The van der Waals surface area contributed by atoms with Crippen molar-refractivity contribution in [1.29, 1.82) is 0 Å². The second-order valence-electron chi connectivity index (χ2n) is 4.26. The van der Waals surface area contributed by atoms with Crippen molar-refractivity contribution in [2.24, 2.45) is 0 Å². The fourth-order valence-electron chi connectivity index (χ4n) is 1.68. The minimum absolute atomic E-state index is 0.447. The van der Waals surface area contributed by atoms with E-state index in [1.807, 2.05) is 23.7 Å². The largest absolute Gasteiger partial charge is 0.398 e. The molecule has 2 rings (SSSR count). The second-order valence-corrected chi connectivity index (χ2v) is 6.04. The van der Waals surface area contributed by atoms with Crippen LogP contribution in [0.1, 0.15) is 23.4 Å². The van der Waals surface area contributed by atoms with Crippen LogP contribution in [0.2, 0.25) is 0 Å². The highest BCUT2D eigenvalue weighted by Gasteiger charge is 2.07. The number of thiazole rings is 1. The van der Waals surface area contributed by atoms with Crippen LogP contribution >= 0.6 is 27.3 Å². The van der Waals surface area contributed by atoms with Crippen molar-refractivity contribution < 1.29 is 0 Å². The van der Waals surface area contributed by atoms with E-state index in [4.69, 9.17) is 5.73 Å². The van der Waals surface area contributed by atoms with Crippen molar-refractivity contribution in [1.82, 2.24) is 10.3 Å². The van der Waals surface area contributed by atoms with E-state index in [9.17, 15) is 0 Å². The molecule has 2 aromatic rings. The Balaban J connectivity index is 1.83. The van der Waals surface area contributed by atoms with Crippen LogP contribution in [0, 0.1) is 0 Å². The van der Waals surface area contributed by atoms with Crippen molar-refractivity contribution in [2.75, 3.05) is 12.3 Å². The van der Waals surface area contributed by atoms with E-state index in [0.717, 1.165) is 23.2 Å². The summed E-state index contributed by atoms with van der Waals surface area (Å²) in [7, 11) is 0. The van der Waals surface area contributed by atoms with E-state index in [2.05, 4.69) is 39.2 Å². The Bertz CT molecular complexity index is 499. The molecule has 0 aliphatic carbocycles. The Labute approximate surface area is 120 Å². The fourth-order valence-corrected chi connectivity index (χ4v) is 2.80. The van der Waals surface area contributed by atoms with Gasteiger partial charge in [-0.3, -0.25) is 0 Å². The van der Waals surface area contributed by atoms with Gasteiger partial charge in [0.2, 0.25) is 0 Å². The van der Waals surface area contributed by atoms with Gasteiger partial charge >= 0.3 is 0 Å². The highest BCUT2D eigenvalue weighted by molar-refractivity contribution is 9.10. The molecule has 1 heterocycles. The lowest BCUT2D eigenvalue weighted by atomic mass is 10.1. The van der Waals surface area contributed by atoms with Crippen molar-refractivity contribution >= 4 is 33.0 Å². The molecule has 0 amide bonds. The van der Waals surface area contributed by atoms with Gasteiger partial charge in [-0.2, -0.15) is 0 Å². The summed E-state index contributed by atoms with van der Waals surface area (Å²) >= 11 is 5.14. The summed E-state index contributed by atoms with van der Waals surface area (Å²) in [6.45, 7) is 3.95. The monoisotopic (exact) mass is 325 g/mol. The van der Waals surface area contributed by atoms with Crippen molar-refractivity contribution in [3.05, 3.63) is 44.8 Å². The molecule has 3 nitrogen and oxygen atoms in total. The van der Waals surface area contributed by atoms with Gasteiger partial charge in [-0.25, -0.2) is 4.98 Å². The van der Waals surface area contributed by atoms with Gasteiger partial charge in [0, 0.05) is 40.7 Å². The summed E-state index contributed by atoms with van der Waals surface area (Å²) in [6, 6.07) is 6.02. The molecule has 0 fully saturated rings. The van der Waals surface area contributed by atoms with E-state index in [0.29, 0.717) is 5.92 Å². The molecular weight excluding hydrogens is 310 g/mol. The number of nitrogens with two attached hydrogens (primary N) is 1. The maximum Gasteiger partial charge on any atom is 0.0965 e. The molecule has 0 bridgehead atoms. The number of nitrogens with zero attached hydrogens (tertiary/aromatic N) is 1. The predicted molar refractivity (Wildman–Crippen MR) is 80.8 cm³/mol. The third-order valence-electron chi connectivity index (χ3n) is 2.72. The molecule has 0 spiro atoms. The molecule has 18 heavy (non-hydrogen) atoms. The highest BCUT2D eigenvalue weighted by Crippen LogP contribution is 2.20. The third kappa shape index (κ3) is 3.54. The summed E-state index contributed by atoms with van der Waals surface area (Å²) in [4.78, 5) is 4.32. The molecule has 0 saturated carbocycles. The average molecular weight is 326 g/mol. The zero-order valence-corrected chi connectivity index (χ0v) is 12.6. The van der Waals surface area contributed by atoms with Crippen LogP contribution in [0.3, 0.4) is 0 Å². The number of nitrogen functional groups attached to an aromatic ring is 1. The van der Waals surface area contributed by atoms with Crippen molar-refractivity contribution in [3.8, 4) is 0 Å². The molecule has 1 aromatic heterocycles. The molecule has 3 N–H and O–H groups in total. The van der Waals surface area contributed by atoms with E-state index >= 15 is 0 Å². The third-order valence-corrected chi connectivity index (χ3v) is 4.41. The molecule has 0 aliphatic rings. The van der Waals surface area contributed by atoms with Crippen molar-refractivity contribution in [3.63, 3.8) is 0 Å². The molecule has 0 aliphatic heterocycles. The van der Waals surface area contributed by atoms with Crippen LogP contribution in [0.25, 0.3) is 0 Å². The first kappa shape index (κ1) is 13.5. The number of benzene rings is 1. The van der Waals surface area contributed by atoms with E-state index < -0.39 is 0 Å². The predicted octanol–water partition coefficient (Wildman–Crippen LogP) is 3.38. The molecule has 5 heteroatoms. The summed E-state index contributed by atoms with van der Waals surface area (Å²) in [5.74, 6) is 0.447. The van der Waals surface area contributed by atoms with E-state index in [1.54, 1.807) is 11.3 Å². The Hall–Kier alpha value is -0.910. The van der Waals surface area contributed by atoms with Gasteiger partial charge in [0.1, 0.15) is 0 Å². The minimum Gasteiger partial charge on any atom is -0.398 e. The summed E-state index contributed by atoms with van der Waals surface area (Å²) in [5, 5.41) is 6.64. The summed E-state index contributed by atoms with van der Waals surface area (Å²) in [5.41, 5.74) is 7.75. The van der Waals surface area contributed by atoms with Crippen LogP contribution in [-0.2, 0) is 6.54 Å². The lowest BCUT2D eigenvalue weighted by Gasteiger charge is -2.10. The first-order valence-corrected chi connectivity index (χ1v) is 7.48. The van der Waals surface area contributed by atoms with Gasteiger partial charge in [-0.15, -0.1) is 11.3 Å². The van der Waals surface area contributed by atoms with E-state index in [-0.39, 0.29) is 0 Å². The second kappa shape index (κ2) is 6.31.